The van der Waals surface area contributed by atoms with Gasteiger partial charge in [0.25, 0.3) is 0 Å². The van der Waals surface area contributed by atoms with E-state index < -0.39 is 15.8 Å². The molecule has 2 heterocycles. The molecule has 6 nitrogen and oxygen atoms in total. The molecule has 0 atom stereocenters. The molecule has 8 heteroatoms. The van der Waals surface area contributed by atoms with Crippen LogP contribution in [0.4, 0.5) is 4.39 Å². The van der Waals surface area contributed by atoms with Crippen molar-refractivity contribution in [2.24, 2.45) is 0 Å². The van der Waals surface area contributed by atoms with Gasteiger partial charge >= 0.3 is 0 Å². The average molecular weight is 437 g/mol. The first-order chi connectivity index (χ1) is 15.0. The Bertz CT molecular complexity index is 1320. The van der Waals surface area contributed by atoms with E-state index in [1.54, 1.807) is 0 Å². The molecule has 31 heavy (non-hydrogen) atoms. The van der Waals surface area contributed by atoms with Crippen LogP contribution in [0.15, 0.2) is 76.1 Å². The Morgan fingerprint density at radius 3 is 2.42 bits per heavy atom. The summed E-state index contributed by atoms with van der Waals surface area (Å²) in [5.41, 5.74) is 0.907. The maximum Gasteiger partial charge on any atom is 0.243 e. The SMILES string of the molecule is O=S(=O)(c1ccc(F)cc1)N1CCC(c2nc(-c3cccc4ccccc34)no2)CC1. The summed E-state index contributed by atoms with van der Waals surface area (Å²) in [4.78, 5) is 4.72. The number of rotatable bonds is 4. The van der Waals surface area contributed by atoms with Gasteiger partial charge in [0, 0.05) is 24.6 Å². The van der Waals surface area contributed by atoms with Crippen LogP contribution in [0, 0.1) is 5.82 Å². The first kappa shape index (κ1) is 19.8. The fraction of sp³-hybridized carbons (Fsp3) is 0.217. The molecular weight excluding hydrogens is 417 g/mol. The van der Waals surface area contributed by atoms with E-state index in [0.717, 1.165) is 28.5 Å². The number of benzene rings is 3. The summed E-state index contributed by atoms with van der Waals surface area (Å²) in [7, 11) is -3.65. The van der Waals surface area contributed by atoms with Gasteiger partial charge in [0.05, 0.1) is 4.90 Å². The third kappa shape index (κ3) is 3.73. The number of fused-ring (bicyclic) bond motifs is 1. The van der Waals surface area contributed by atoms with Crippen molar-refractivity contribution in [3.63, 3.8) is 0 Å². The summed E-state index contributed by atoms with van der Waals surface area (Å²) in [5.74, 6) is 0.599. The molecule has 0 radical (unpaired) electrons. The lowest BCUT2D eigenvalue weighted by atomic mass is 9.98. The molecule has 1 aliphatic heterocycles. The number of aromatic nitrogens is 2. The molecule has 0 unspecified atom stereocenters. The molecule has 1 aromatic heterocycles. The molecule has 5 rings (SSSR count). The second-order valence-corrected chi connectivity index (χ2v) is 9.55. The van der Waals surface area contributed by atoms with Crippen molar-refractivity contribution < 1.29 is 17.3 Å². The average Bonchev–Trinajstić information content (AvgIpc) is 3.29. The van der Waals surface area contributed by atoms with E-state index in [9.17, 15) is 12.8 Å². The fourth-order valence-corrected chi connectivity index (χ4v) is 5.50. The monoisotopic (exact) mass is 437 g/mol. The Labute approximate surface area is 179 Å². The Morgan fingerprint density at radius 2 is 1.65 bits per heavy atom. The molecule has 158 valence electrons. The van der Waals surface area contributed by atoms with Crippen LogP contribution in [0.1, 0.15) is 24.7 Å². The van der Waals surface area contributed by atoms with Crippen LogP contribution < -0.4 is 0 Å². The van der Waals surface area contributed by atoms with E-state index in [2.05, 4.69) is 10.1 Å². The van der Waals surface area contributed by atoms with E-state index in [0.29, 0.717) is 37.6 Å². The van der Waals surface area contributed by atoms with E-state index in [1.165, 1.54) is 16.4 Å². The van der Waals surface area contributed by atoms with Gasteiger partial charge in [-0.15, -0.1) is 0 Å². The lowest BCUT2D eigenvalue weighted by Gasteiger charge is -2.29. The van der Waals surface area contributed by atoms with Crippen molar-refractivity contribution in [2.75, 3.05) is 13.1 Å². The van der Waals surface area contributed by atoms with Crippen LogP contribution in [-0.4, -0.2) is 36.0 Å². The van der Waals surface area contributed by atoms with Crippen LogP contribution in [0.3, 0.4) is 0 Å². The maximum absolute atomic E-state index is 13.1. The molecular formula is C23H20FN3O3S. The van der Waals surface area contributed by atoms with Crippen molar-refractivity contribution in [1.29, 1.82) is 0 Å². The van der Waals surface area contributed by atoms with Gasteiger partial charge < -0.3 is 4.52 Å². The number of piperidine rings is 1. The van der Waals surface area contributed by atoms with Gasteiger partial charge in [-0.05, 0) is 47.9 Å². The predicted molar refractivity (Wildman–Crippen MR) is 114 cm³/mol. The molecule has 1 saturated heterocycles. The van der Waals surface area contributed by atoms with Crippen molar-refractivity contribution in [3.8, 4) is 11.4 Å². The van der Waals surface area contributed by atoms with E-state index in [4.69, 9.17) is 4.52 Å². The molecule has 0 spiro atoms. The third-order valence-electron chi connectivity index (χ3n) is 5.73. The zero-order chi connectivity index (χ0) is 21.4. The van der Waals surface area contributed by atoms with Gasteiger partial charge in [-0.1, -0.05) is 47.6 Å². The van der Waals surface area contributed by atoms with Crippen LogP contribution in [0.25, 0.3) is 22.2 Å². The van der Waals surface area contributed by atoms with Gasteiger partial charge in [0.15, 0.2) is 0 Å². The second-order valence-electron chi connectivity index (χ2n) is 7.62. The van der Waals surface area contributed by atoms with E-state index in [1.807, 2.05) is 42.5 Å². The summed E-state index contributed by atoms with van der Waals surface area (Å²) in [5, 5.41) is 6.34. The van der Waals surface area contributed by atoms with Gasteiger partial charge in [0.1, 0.15) is 5.82 Å². The Balaban J connectivity index is 1.33. The fourth-order valence-electron chi connectivity index (χ4n) is 4.03. The van der Waals surface area contributed by atoms with Crippen molar-refractivity contribution in [3.05, 3.63) is 78.4 Å². The van der Waals surface area contributed by atoms with Gasteiger partial charge in [-0.25, -0.2) is 12.8 Å². The number of hydrogen-bond acceptors (Lipinski definition) is 5. The van der Waals surface area contributed by atoms with E-state index >= 15 is 0 Å². The van der Waals surface area contributed by atoms with Crippen LogP contribution in [-0.2, 0) is 10.0 Å². The molecule has 1 aliphatic rings. The minimum Gasteiger partial charge on any atom is -0.339 e. The maximum atomic E-state index is 13.1. The van der Waals surface area contributed by atoms with Gasteiger partial charge in [0.2, 0.25) is 21.7 Å². The highest BCUT2D eigenvalue weighted by Gasteiger charge is 2.32. The first-order valence-corrected chi connectivity index (χ1v) is 11.5. The van der Waals surface area contributed by atoms with Crippen LogP contribution >= 0.6 is 0 Å². The molecule has 3 aromatic carbocycles. The number of nitrogens with zero attached hydrogens (tertiary/aromatic N) is 3. The Hall–Kier alpha value is -3.10. The topological polar surface area (TPSA) is 76.3 Å². The molecule has 0 aliphatic carbocycles. The van der Waals surface area contributed by atoms with Gasteiger partial charge in [-0.3, -0.25) is 0 Å². The summed E-state index contributed by atoms with van der Waals surface area (Å²) < 4.78 is 45.7. The quantitative estimate of drug-likeness (QED) is 0.466. The standard InChI is InChI=1S/C23H20FN3O3S/c24-18-8-10-19(11-9-18)31(28,29)27-14-12-17(13-15-27)23-25-22(26-30-23)21-7-3-5-16-4-1-2-6-20(16)21/h1-11,17H,12-15H2. The summed E-state index contributed by atoms with van der Waals surface area (Å²) in [6.07, 6.45) is 1.16. The lowest BCUT2D eigenvalue weighted by molar-refractivity contribution is 0.271. The molecule has 0 N–H and O–H groups in total. The molecule has 0 amide bonds. The second kappa shape index (κ2) is 7.86. The summed E-state index contributed by atoms with van der Waals surface area (Å²) in [6, 6.07) is 18.9. The molecule has 0 saturated carbocycles. The number of sulfonamides is 1. The third-order valence-corrected chi connectivity index (χ3v) is 7.64. The van der Waals surface area contributed by atoms with Gasteiger partial charge in [-0.2, -0.15) is 9.29 Å². The summed E-state index contributed by atoms with van der Waals surface area (Å²) in [6.45, 7) is 0.687. The zero-order valence-corrected chi connectivity index (χ0v) is 17.4. The Morgan fingerprint density at radius 1 is 0.935 bits per heavy atom. The number of hydrogen-bond donors (Lipinski definition) is 0. The van der Waals surface area contributed by atoms with Crippen molar-refractivity contribution >= 4 is 20.8 Å². The van der Waals surface area contributed by atoms with E-state index in [-0.39, 0.29) is 10.8 Å². The molecule has 0 bridgehead atoms. The van der Waals surface area contributed by atoms with Crippen molar-refractivity contribution in [1.82, 2.24) is 14.4 Å². The Kier molecular flexibility index (Phi) is 5.03. The highest BCUT2D eigenvalue weighted by molar-refractivity contribution is 7.89. The normalized spacial score (nSPS) is 16.0. The molecule has 1 fully saturated rings. The highest BCUT2D eigenvalue weighted by Crippen LogP contribution is 2.32. The largest absolute Gasteiger partial charge is 0.339 e. The predicted octanol–water partition coefficient (Wildman–Crippen LogP) is 4.60. The molecule has 4 aromatic rings. The lowest BCUT2D eigenvalue weighted by Crippen LogP contribution is -2.37. The van der Waals surface area contributed by atoms with Crippen molar-refractivity contribution in [2.45, 2.75) is 23.7 Å². The zero-order valence-electron chi connectivity index (χ0n) is 16.6. The number of halogens is 1. The van der Waals surface area contributed by atoms with Crippen LogP contribution in [0.5, 0.6) is 0 Å². The van der Waals surface area contributed by atoms with Crippen LogP contribution in [0.2, 0.25) is 0 Å². The highest BCUT2D eigenvalue weighted by atomic mass is 32.2. The summed E-state index contributed by atoms with van der Waals surface area (Å²) >= 11 is 0. The minimum atomic E-state index is -3.65. The minimum absolute atomic E-state index is 0.00380. The first-order valence-electron chi connectivity index (χ1n) is 10.1. The smallest absolute Gasteiger partial charge is 0.243 e.